The van der Waals surface area contributed by atoms with Crippen LogP contribution in [0.5, 0.6) is 11.5 Å². The average molecular weight is 299 g/mol. The van der Waals surface area contributed by atoms with Gasteiger partial charge in [0.1, 0.15) is 15.8 Å². The number of thioether (sulfide) groups is 1. The average Bonchev–Trinajstić information content (AvgIpc) is 2.90. The first-order valence-corrected chi connectivity index (χ1v) is 8.03. The van der Waals surface area contributed by atoms with Gasteiger partial charge in [0, 0.05) is 23.4 Å². The van der Waals surface area contributed by atoms with Crippen molar-refractivity contribution in [3.05, 3.63) is 59.7 Å². The summed E-state index contributed by atoms with van der Waals surface area (Å²) in [5.41, 5.74) is 2.41. The van der Waals surface area contributed by atoms with Crippen LogP contribution >= 0.6 is 24.0 Å². The third kappa shape index (κ3) is 1.83. The lowest BCUT2D eigenvalue weighted by Gasteiger charge is -2.35. The molecule has 20 heavy (non-hydrogen) atoms. The van der Waals surface area contributed by atoms with Crippen molar-refractivity contribution in [2.24, 2.45) is 0 Å². The van der Waals surface area contributed by atoms with Gasteiger partial charge in [0.15, 0.2) is 0 Å². The summed E-state index contributed by atoms with van der Waals surface area (Å²) in [6.45, 7) is 0.997. The Kier molecular flexibility index (Phi) is 2.93. The van der Waals surface area contributed by atoms with E-state index in [0.29, 0.717) is 0 Å². The van der Waals surface area contributed by atoms with Crippen molar-refractivity contribution >= 4 is 28.3 Å². The van der Waals surface area contributed by atoms with Gasteiger partial charge in [-0.25, -0.2) is 0 Å². The Balaban J connectivity index is 1.90. The molecular formula is C16H13NOS2. The Morgan fingerprint density at radius 3 is 2.15 bits per heavy atom. The highest BCUT2D eigenvalue weighted by Crippen LogP contribution is 2.47. The first-order chi connectivity index (χ1) is 9.84. The number of para-hydroxylation sites is 2. The molecule has 2 heterocycles. The van der Waals surface area contributed by atoms with E-state index in [9.17, 15) is 0 Å². The van der Waals surface area contributed by atoms with Gasteiger partial charge in [0.2, 0.25) is 0 Å². The molecule has 0 spiro atoms. The molecule has 0 aromatic heterocycles. The van der Waals surface area contributed by atoms with Gasteiger partial charge in [-0.15, -0.1) is 0 Å². The van der Waals surface area contributed by atoms with Crippen LogP contribution in [-0.2, 0) is 0 Å². The zero-order chi connectivity index (χ0) is 13.5. The predicted octanol–water partition coefficient (Wildman–Crippen LogP) is 4.22. The fourth-order valence-corrected chi connectivity index (χ4v) is 4.13. The molecule has 1 saturated heterocycles. The molecule has 2 aliphatic heterocycles. The van der Waals surface area contributed by atoms with Crippen molar-refractivity contribution in [2.45, 2.75) is 6.04 Å². The van der Waals surface area contributed by atoms with Crippen molar-refractivity contribution in [1.82, 2.24) is 4.90 Å². The maximum atomic E-state index is 6.03. The molecule has 2 aliphatic rings. The molecule has 0 unspecified atom stereocenters. The van der Waals surface area contributed by atoms with Crippen LogP contribution in [0.3, 0.4) is 0 Å². The lowest BCUT2D eigenvalue weighted by molar-refractivity contribution is 0.349. The highest BCUT2D eigenvalue weighted by Gasteiger charge is 2.34. The second kappa shape index (κ2) is 4.79. The normalized spacial score (nSPS) is 17.6. The van der Waals surface area contributed by atoms with Gasteiger partial charge < -0.3 is 9.64 Å². The molecule has 4 heteroatoms. The van der Waals surface area contributed by atoms with Crippen LogP contribution in [0.1, 0.15) is 17.2 Å². The first kappa shape index (κ1) is 12.2. The molecule has 2 aromatic carbocycles. The van der Waals surface area contributed by atoms with Gasteiger partial charge in [-0.1, -0.05) is 60.4 Å². The Labute approximate surface area is 127 Å². The summed E-state index contributed by atoms with van der Waals surface area (Å²) in [4.78, 5) is 2.32. The van der Waals surface area contributed by atoms with Crippen LogP contribution < -0.4 is 4.74 Å². The number of hydrogen-bond acceptors (Lipinski definition) is 3. The number of thiocarbonyl (C=S) groups is 1. The summed E-state index contributed by atoms with van der Waals surface area (Å²) >= 11 is 7.29. The minimum absolute atomic E-state index is 0.179. The number of benzene rings is 2. The standard InChI is InChI=1S/C16H13NOS2/c19-16-17(9-10-20-16)15-11-5-1-3-7-13(11)18-14-8-4-2-6-12(14)15/h1-8,15H,9-10H2. The molecule has 1 fully saturated rings. The molecule has 0 atom stereocenters. The van der Waals surface area contributed by atoms with E-state index in [0.717, 1.165) is 28.1 Å². The van der Waals surface area contributed by atoms with Crippen LogP contribution in [0.15, 0.2) is 48.5 Å². The number of ether oxygens (including phenoxy) is 1. The van der Waals surface area contributed by atoms with Crippen molar-refractivity contribution in [2.75, 3.05) is 12.3 Å². The molecule has 0 radical (unpaired) electrons. The molecule has 0 bridgehead atoms. The lowest BCUT2D eigenvalue weighted by Crippen LogP contribution is -2.31. The second-order valence-corrected chi connectivity index (χ2v) is 6.62. The van der Waals surface area contributed by atoms with Crippen LogP contribution in [0, 0.1) is 0 Å². The van der Waals surface area contributed by atoms with Gasteiger partial charge in [0.25, 0.3) is 0 Å². The van der Waals surface area contributed by atoms with Crippen molar-refractivity contribution in [3.8, 4) is 11.5 Å². The molecule has 2 aromatic rings. The molecule has 0 saturated carbocycles. The maximum absolute atomic E-state index is 6.03. The van der Waals surface area contributed by atoms with E-state index < -0.39 is 0 Å². The number of nitrogens with zero attached hydrogens (tertiary/aromatic N) is 1. The topological polar surface area (TPSA) is 12.5 Å². The summed E-state index contributed by atoms with van der Waals surface area (Å²) < 4.78 is 7.01. The highest BCUT2D eigenvalue weighted by atomic mass is 32.2. The van der Waals surface area contributed by atoms with Crippen LogP contribution in [-0.4, -0.2) is 21.5 Å². The predicted molar refractivity (Wildman–Crippen MR) is 86.6 cm³/mol. The molecule has 2 nitrogen and oxygen atoms in total. The van der Waals surface area contributed by atoms with E-state index in [-0.39, 0.29) is 6.04 Å². The Morgan fingerprint density at radius 2 is 1.60 bits per heavy atom. The monoisotopic (exact) mass is 299 g/mol. The van der Waals surface area contributed by atoms with E-state index in [2.05, 4.69) is 29.2 Å². The SMILES string of the molecule is S=C1SCCN1C1c2ccccc2Oc2ccccc21. The molecular weight excluding hydrogens is 286 g/mol. The lowest BCUT2D eigenvalue weighted by atomic mass is 9.93. The second-order valence-electron chi connectivity index (χ2n) is 4.89. The van der Waals surface area contributed by atoms with Gasteiger partial charge in [-0.2, -0.15) is 0 Å². The minimum atomic E-state index is 0.179. The first-order valence-electron chi connectivity index (χ1n) is 6.64. The fraction of sp³-hybridized carbons (Fsp3) is 0.188. The van der Waals surface area contributed by atoms with Gasteiger partial charge in [-0.3, -0.25) is 0 Å². The zero-order valence-corrected chi connectivity index (χ0v) is 12.4. The van der Waals surface area contributed by atoms with Gasteiger partial charge in [-0.05, 0) is 12.1 Å². The fourth-order valence-electron chi connectivity index (χ4n) is 2.86. The summed E-state index contributed by atoms with van der Waals surface area (Å²) in [6, 6.07) is 16.7. The molecule has 4 rings (SSSR count). The molecule has 0 amide bonds. The van der Waals surface area contributed by atoms with E-state index in [4.69, 9.17) is 17.0 Å². The summed E-state index contributed by atoms with van der Waals surface area (Å²) in [7, 11) is 0. The van der Waals surface area contributed by atoms with E-state index in [1.54, 1.807) is 11.8 Å². The summed E-state index contributed by atoms with van der Waals surface area (Å²) in [5.74, 6) is 2.95. The number of fused-ring (bicyclic) bond motifs is 2. The smallest absolute Gasteiger partial charge is 0.137 e. The van der Waals surface area contributed by atoms with E-state index in [1.807, 2.05) is 24.3 Å². The summed E-state index contributed by atoms with van der Waals surface area (Å²) in [5, 5.41) is 0. The molecule has 0 aliphatic carbocycles. The largest absolute Gasteiger partial charge is 0.457 e. The van der Waals surface area contributed by atoms with Crippen molar-refractivity contribution in [3.63, 3.8) is 0 Å². The molecule has 0 N–H and O–H groups in total. The van der Waals surface area contributed by atoms with Gasteiger partial charge >= 0.3 is 0 Å². The van der Waals surface area contributed by atoms with Crippen molar-refractivity contribution in [1.29, 1.82) is 0 Å². The van der Waals surface area contributed by atoms with Crippen molar-refractivity contribution < 1.29 is 4.74 Å². The zero-order valence-electron chi connectivity index (χ0n) is 10.8. The van der Waals surface area contributed by atoms with E-state index >= 15 is 0 Å². The van der Waals surface area contributed by atoms with Crippen LogP contribution in [0.25, 0.3) is 0 Å². The van der Waals surface area contributed by atoms with Gasteiger partial charge in [0.05, 0.1) is 6.04 Å². The Bertz CT molecular complexity index is 640. The quantitative estimate of drug-likeness (QED) is 0.731. The molecule has 100 valence electrons. The third-order valence-electron chi connectivity index (χ3n) is 3.75. The van der Waals surface area contributed by atoms with Crippen LogP contribution in [0.4, 0.5) is 0 Å². The third-order valence-corrected chi connectivity index (χ3v) is 5.21. The Hall–Kier alpha value is -1.52. The highest BCUT2D eigenvalue weighted by molar-refractivity contribution is 8.23. The number of hydrogen-bond donors (Lipinski definition) is 0. The van der Waals surface area contributed by atoms with E-state index in [1.165, 1.54) is 11.1 Å². The Morgan fingerprint density at radius 1 is 1.00 bits per heavy atom. The minimum Gasteiger partial charge on any atom is -0.457 e. The number of rotatable bonds is 1. The summed E-state index contributed by atoms with van der Waals surface area (Å²) in [6.07, 6.45) is 0. The van der Waals surface area contributed by atoms with Crippen LogP contribution in [0.2, 0.25) is 0 Å². The maximum Gasteiger partial charge on any atom is 0.137 e.